The average molecular weight is 378 g/mol. The molecule has 0 radical (unpaired) electrons. The van der Waals surface area contributed by atoms with Crippen molar-refractivity contribution in [2.24, 2.45) is 0 Å². The fourth-order valence-electron chi connectivity index (χ4n) is 2.81. The lowest BCUT2D eigenvalue weighted by atomic mass is 10.1. The smallest absolute Gasteiger partial charge is 0.239 e. The molecule has 28 heavy (non-hydrogen) atoms. The molecular formula is C21H19FN4O2. The molecule has 0 saturated heterocycles. The second kappa shape index (κ2) is 8.93. The Morgan fingerprint density at radius 2 is 1.93 bits per heavy atom. The summed E-state index contributed by atoms with van der Waals surface area (Å²) in [4.78, 5) is 14.3. The Morgan fingerprint density at radius 1 is 1.18 bits per heavy atom. The van der Waals surface area contributed by atoms with E-state index in [0.29, 0.717) is 30.2 Å². The van der Waals surface area contributed by atoms with Gasteiger partial charge < -0.3 is 9.84 Å². The van der Waals surface area contributed by atoms with Gasteiger partial charge in [-0.1, -0.05) is 29.4 Å². The zero-order valence-corrected chi connectivity index (χ0v) is 15.4. The number of aromatic nitrogens is 1. The Hall–Kier alpha value is -3.50. The van der Waals surface area contributed by atoms with E-state index in [1.807, 2.05) is 23.1 Å². The maximum atomic E-state index is 13.5. The minimum atomic E-state index is -0.321. The summed E-state index contributed by atoms with van der Waals surface area (Å²) >= 11 is 0. The topological polar surface area (TPSA) is 82.2 Å². The third-order valence-corrected chi connectivity index (χ3v) is 4.05. The van der Waals surface area contributed by atoms with Crippen molar-refractivity contribution < 1.29 is 13.7 Å². The first kappa shape index (κ1) is 19.3. The highest BCUT2D eigenvalue weighted by atomic mass is 19.1. The lowest BCUT2D eigenvalue weighted by Gasteiger charge is -2.22. The Balaban J connectivity index is 1.72. The minimum Gasteiger partial charge on any atom is -0.360 e. The summed E-state index contributed by atoms with van der Waals surface area (Å²) in [7, 11) is 0. The number of hydrogen-bond donors (Lipinski definition) is 1. The van der Waals surface area contributed by atoms with Crippen molar-refractivity contribution in [1.29, 1.82) is 5.26 Å². The third-order valence-electron chi connectivity index (χ3n) is 4.05. The number of carbonyl (C=O) groups excluding carboxylic acids is 1. The highest BCUT2D eigenvalue weighted by molar-refractivity contribution is 5.91. The Bertz CT molecular complexity index is 992. The molecule has 0 bridgehead atoms. The quantitative estimate of drug-likeness (QED) is 0.679. The van der Waals surface area contributed by atoms with E-state index in [4.69, 9.17) is 9.78 Å². The van der Waals surface area contributed by atoms with E-state index in [1.165, 1.54) is 12.1 Å². The van der Waals surface area contributed by atoms with Crippen LogP contribution in [0.25, 0.3) is 0 Å². The first-order valence-electron chi connectivity index (χ1n) is 8.71. The molecule has 0 unspecified atom stereocenters. The van der Waals surface area contributed by atoms with Gasteiger partial charge in [0, 0.05) is 19.2 Å². The van der Waals surface area contributed by atoms with Crippen molar-refractivity contribution in [3.63, 3.8) is 0 Å². The molecule has 0 fully saturated rings. The van der Waals surface area contributed by atoms with Crippen LogP contribution >= 0.6 is 0 Å². The summed E-state index contributed by atoms with van der Waals surface area (Å²) in [6.07, 6.45) is 0. The van der Waals surface area contributed by atoms with Crippen LogP contribution in [0.5, 0.6) is 0 Å². The van der Waals surface area contributed by atoms with Crippen molar-refractivity contribution >= 4 is 11.7 Å². The minimum absolute atomic E-state index is 0.0857. The number of carbonyl (C=O) groups is 1. The van der Waals surface area contributed by atoms with E-state index < -0.39 is 0 Å². The number of anilines is 1. The van der Waals surface area contributed by atoms with Crippen LogP contribution in [0.15, 0.2) is 59.1 Å². The van der Waals surface area contributed by atoms with Crippen LogP contribution in [0.4, 0.5) is 10.2 Å². The van der Waals surface area contributed by atoms with Crippen LogP contribution in [-0.2, 0) is 17.9 Å². The lowest BCUT2D eigenvalue weighted by Crippen LogP contribution is -2.32. The molecule has 3 aromatic rings. The number of nitrogens with zero attached hydrogens (tertiary/aromatic N) is 3. The monoisotopic (exact) mass is 378 g/mol. The van der Waals surface area contributed by atoms with Gasteiger partial charge in [0.2, 0.25) is 5.91 Å². The molecule has 0 saturated carbocycles. The average Bonchev–Trinajstić information content (AvgIpc) is 3.07. The Labute approximate surface area is 162 Å². The van der Waals surface area contributed by atoms with Gasteiger partial charge in [-0.25, -0.2) is 4.39 Å². The van der Waals surface area contributed by atoms with E-state index in [9.17, 15) is 9.18 Å². The van der Waals surface area contributed by atoms with Crippen molar-refractivity contribution in [3.8, 4) is 6.07 Å². The molecule has 142 valence electrons. The summed E-state index contributed by atoms with van der Waals surface area (Å²) in [5, 5.41) is 15.4. The predicted octanol–water partition coefficient (Wildman–Crippen LogP) is 3.63. The predicted molar refractivity (Wildman–Crippen MR) is 102 cm³/mol. The second-order valence-electron chi connectivity index (χ2n) is 6.45. The summed E-state index contributed by atoms with van der Waals surface area (Å²) in [5.41, 5.74) is 2.28. The van der Waals surface area contributed by atoms with Crippen LogP contribution in [0.3, 0.4) is 0 Å². The van der Waals surface area contributed by atoms with Crippen LogP contribution < -0.4 is 5.32 Å². The van der Waals surface area contributed by atoms with Gasteiger partial charge in [0.15, 0.2) is 5.82 Å². The molecule has 0 aliphatic heterocycles. The van der Waals surface area contributed by atoms with Crippen LogP contribution in [0.2, 0.25) is 0 Å². The second-order valence-corrected chi connectivity index (χ2v) is 6.45. The lowest BCUT2D eigenvalue weighted by molar-refractivity contribution is -0.117. The fourth-order valence-corrected chi connectivity index (χ4v) is 2.81. The molecule has 1 aromatic heterocycles. The van der Waals surface area contributed by atoms with Gasteiger partial charge in [-0.05, 0) is 42.3 Å². The van der Waals surface area contributed by atoms with Gasteiger partial charge >= 0.3 is 0 Å². The molecule has 2 aromatic carbocycles. The molecule has 0 aliphatic rings. The van der Waals surface area contributed by atoms with Crippen molar-refractivity contribution in [2.45, 2.75) is 20.0 Å². The molecule has 1 amide bonds. The third kappa shape index (κ3) is 5.50. The SMILES string of the molecule is Cc1cc(NC(=O)CN(Cc2ccc(C#N)cc2)Cc2cccc(F)c2)no1. The standard InChI is InChI=1S/C21H19FN4O2/c1-15-9-20(25-28-15)24-21(27)14-26(13-18-3-2-4-19(22)10-18)12-17-7-5-16(11-23)6-8-17/h2-10H,12-14H2,1H3,(H,24,25,27). The number of benzene rings is 2. The van der Waals surface area contributed by atoms with Gasteiger partial charge in [0.25, 0.3) is 0 Å². The molecule has 0 atom stereocenters. The highest BCUT2D eigenvalue weighted by Crippen LogP contribution is 2.13. The molecule has 3 rings (SSSR count). The molecule has 0 spiro atoms. The highest BCUT2D eigenvalue weighted by Gasteiger charge is 2.14. The Kier molecular flexibility index (Phi) is 6.14. The molecule has 1 N–H and O–H groups in total. The van der Waals surface area contributed by atoms with Gasteiger partial charge in [-0.15, -0.1) is 0 Å². The number of nitriles is 1. The van der Waals surface area contributed by atoms with E-state index in [0.717, 1.165) is 11.1 Å². The zero-order valence-electron chi connectivity index (χ0n) is 15.4. The van der Waals surface area contributed by atoms with Gasteiger partial charge in [0.05, 0.1) is 18.2 Å². The fraction of sp³-hybridized carbons (Fsp3) is 0.190. The largest absolute Gasteiger partial charge is 0.360 e. The summed E-state index contributed by atoms with van der Waals surface area (Å²) in [5.74, 6) is 0.382. The van der Waals surface area contributed by atoms with Gasteiger partial charge in [-0.2, -0.15) is 5.26 Å². The van der Waals surface area contributed by atoms with Gasteiger partial charge in [0.1, 0.15) is 11.6 Å². The molecule has 0 aliphatic carbocycles. The first-order valence-corrected chi connectivity index (χ1v) is 8.71. The normalized spacial score (nSPS) is 10.6. The van der Waals surface area contributed by atoms with Crippen molar-refractivity contribution in [1.82, 2.24) is 10.1 Å². The molecule has 7 heteroatoms. The van der Waals surface area contributed by atoms with Crippen molar-refractivity contribution in [2.75, 3.05) is 11.9 Å². The van der Waals surface area contributed by atoms with Crippen LogP contribution in [0.1, 0.15) is 22.5 Å². The number of hydrogen-bond acceptors (Lipinski definition) is 5. The van der Waals surface area contributed by atoms with E-state index in [-0.39, 0.29) is 18.3 Å². The summed E-state index contributed by atoms with van der Waals surface area (Å²) in [6.45, 7) is 2.68. The van der Waals surface area contributed by atoms with Gasteiger partial charge in [-0.3, -0.25) is 9.69 Å². The van der Waals surface area contributed by atoms with Crippen LogP contribution in [-0.4, -0.2) is 22.5 Å². The van der Waals surface area contributed by atoms with E-state index >= 15 is 0 Å². The first-order chi connectivity index (χ1) is 13.5. The molecular weight excluding hydrogens is 359 g/mol. The Morgan fingerprint density at radius 3 is 2.57 bits per heavy atom. The maximum Gasteiger partial charge on any atom is 0.239 e. The number of amides is 1. The molecule has 1 heterocycles. The zero-order chi connectivity index (χ0) is 19.9. The van der Waals surface area contributed by atoms with E-state index in [1.54, 1.807) is 31.2 Å². The molecule has 6 nitrogen and oxygen atoms in total. The maximum absolute atomic E-state index is 13.5. The summed E-state index contributed by atoms with van der Waals surface area (Å²) < 4.78 is 18.5. The number of rotatable bonds is 7. The number of aryl methyl sites for hydroxylation is 1. The van der Waals surface area contributed by atoms with E-state index in [2.05, 4.69) is 16.5 Å². The summed E-state index contributed by atoms with van der Waals surface area (Å²) in [6, 6.07) is 17.1. The van der Waals surface area contributed by atoms with Crippen molar-refractivity contribution in [3.05, 3.63) is 82.9 Å². The number of halogens is 1. The van der Waals surface area contributed by atoms with Crippen LogP contribution in [0, 0.1) is 24.1 Å². The number of nitrogens with one attached hydrogen (secondary N) is 1.